The number of halogens is 1. The van der Waals surface area contributed by atoms with Crippen molar-refractivity contribution in [3.05, 3.63) is 52.7 Å². The Bertz CT molecular complexity index is 750. The predicted molar refractivity (Wildman–Crippen MR) is 92.1 cm³/mol. The molecule has 24 heavy (non-hydrogen) atoms. The smallest absolute Gasteiger partial charge is 0.313 e. The molecule has 2 amide bonds. The summed E-state index contributed by atoms with van der Waals surface area (Å²) in [4.78, 5) is 28.1. The van der Waals surface area contributed by atoms with Crippen LogP contribution in [0.15, 0.2) is 36.5 Å². The number of ether oxygens (including phenoxy) is 1. The van der Waals surface area contributed by atoms with Gasteiger partial charge in [0.1, 0.15) is 0 Å². The third-order valence-electron chi connectivity index (χ3n) is 3.22. The fourth-order valence-corrected chi connectivity index (χ4v) is 2.16. The molecule has 0 aliphatic heterocycles. The third kappa shape index (κ3) is 4.70. The van der Waals surface area contributed by atoms with Gasteiger partial charge in [0, 0.05) is 29.0 Å². The molecule has 126 valence electrons. The van der Waals surface area contributed by atoms with Crippen molar-refractivity contribution in [2.24, 2.45) is 0 Å². The molecule has 0 atom stereocenters. The number of carbonyl (C=O) groups is 2. The van der Waals surface area contributed by atoms with Gasteiger partial charge >= 0.3 is 11.8 Å². The molecule has 2 rings (SSSR count). The average Bonchev–Trinajstić information content (AvgIpc) is 2.57. The number of aryl methyl sites for hydroxylation is 1. The molecular weight excluding hydrogens is 330 g/mol. The zero-order chi connectivity index (χ0) is 17.5. The van der Waals surface area contributed by atoms with E-state index in [-0.39, 0.29) is 6.54 Å². The van der Waals surface area contributed by atoms with Gasteiger partial charge in [-0.05, 0) is 37.6 Å². The van der Waals surface area contributed by atoms with Crippen LogP contribution in [0.25, 0.3) is 0 Å². The van der Waals surface area contributed by atoms with Gasteiger partial charge < -0.3 is 15.4 Å². The molecule has 0 spiro atoms. The minimum absolute atomic E-state index is 0.143. The summed E-state index contributed by atoms with van der Waals surface area (Å²) in [7, 11) is 0. The van der Waals surface area contributed by atoms with E-state index in [1.54, 1.807) is 36.5 Å². The standard InChI is InChI=1S/C17H18ClN3O3/c1-3-24-17-12(5-4-8-19-17)10-20-15(22)16(23)21-14-9-13(18)7-6-11(14)2/h4-9H,3,10H2,1-2H3,(H,20,22)(H,21,23). The van der Waals surface area contributed by atoms with Crippen molar-refractivity contribution in [2.75, 3.05) is 11.9 Å². The molecule has 6 nitrogen and oxygen atoms in total. The number of aromatic nitrogens is 1. The molecule has 0 unspecified atom stereocenters. The average molecular weight is 348 g/mol. The molecule has 0 aliphatic carbocycles. The molecule has 0 bridgehead atoms. The van der Waals surface area contributed by atoms with E-state index in [0.717, 1.165) is 5.56 Å². The Morgan fingerprint density at radius 1 is 1.25 bits per heavy atom. The Morgan fingerprint density at radius 3 is 2.79 bits per heavy atom. The lowest BCUT2D eigenvalue weighted by molar-refractivity contribution is -0.136. The maximum absolute atomic E-state index is 12.0. The second kappa shape index (κ2) is 8.31. The van der Waals surface area contributed by atoms with Crippen molar-refractivity contribution in [3.8, 4) is 5.88 Å². The minimum atomic E-state index is -0.762. The maximum Gasteiger partial charge on any atom is 0.313 e. The van der Waals surface area contributed by atoms with E-state index < -0.39 is 11.8 Å². The summed E-state index contributed by atoms with van der Waals surface area (Å²) in [6.45, 7) is 4.27. The van der Waals surface area contributed by atoms with Crippen LogP contribution in [0.3, 0.4) is 0 Å². The first-order chi connectivity index (χ1) is 11.5. The van der Waals surface area contributed by atoms with Gasteiger partial charge in [0.2, 0.25) is 5.88 Å². The second-order valence-corrected chi connectivity index (χ2v) is 5.43. The van der Waals surface area contributed by atoms with Crippen LogP contribution in [0.2, 0.25) is 5.02 Å². The Morgan fingerprint density at radius 2 is 2.04 bits per heavy atom. The fourth-order valence-electron chi connectivity index (χ4n) is 1.99. The quantitative estimate of drug-likeness (QED) is 0.815. The highest BCUT2D eigenvalue weighted by molar-refractivity contribution is 6.40. The summed E-state index contributed by atoms with van der Waals surface area (Å²) in [6.07, 6.45) is 1.60. The van der Waals surface area contributed by atoms with E-state index in [0.29, 0.717) is 28.8 Å². The number of amides is 2. The van der Waals surface area contributed by atoms with Crippen LogP contribution >= 0.6 is 11.6 Å². The van der Waals surface area contributed by atoms with E-state index in [9.17, 15) is 9.59 Å². The Labute approximate surface area is 145 Å². The number of anilines is 1. The van der Waals surface area contributed by atoms with Crippen molar-refractivity contribution in [2.45, 2.75) is 20.4 Å². The predicted octanol–water partition coefficient (Wildman–Crippen LogP) is 2.70. The molecule has 0 saturated carbocycles. The first-order valence-electron chi connectivity index (χ1n) is 7.43. The Kier molecular flexibility index (Phi) is 6.14. The van der Waals surface area contributed by atoms with Crippen LogP contribution in [0.1, 0.15) is 18.1 Å². The molecule has 1 aromatic carbocycles. The number of nitrogens with zero attached hydrogens (tertiary/aromatic N) is 1. The van der Waals surface area contributed by atoms with Crippen molar-refractivity contribution in [3.63, 3.8) is 0 Å². The van der Waals surface area contributed by atoms with Crippen molar-refractivity contribution in [1.29, 1.82) is 0 Å². The van der Waals surface area contributed by atoms with Gasteiger partial charge in [-0.15, -0.1) is 0 Å². The molecular formula is C17H18ClN3O3. The van der Waals surface area contributed by atoms with Gasteiger partial charge in [0.15, 0.2) is 0 Å². The van der Waals surface area contributed by atoms with Crippen LogP contribution in [-0.4, -0.2) is 23.4 Å². The summed E-state index contributed by atoms with van der Waals surface area (Å²) < 4.78 is 5.38. The Balaban J connectivity index is 1.97. The summed E-state index contributed by atoms with van der Waals surface area (Å²) in [5.74, 6) is -1.07. The molecule has 2 aromatic rings. The second-order valence-electron chi connectivity index (χ2n) is 5.00. The molecule has 0 aliphatic rings. The van der Waals surface area contributed by atoms with Crippen molar-refractivity contribution in [1.82, 2.24) is 10.3 Å². The number of hydrogen-bond donors (Lipinski definition) is 2. The molecule has 0 saturated heterocycles. The minimum Gasteiger partial charge on any atom is -0.478 e. The number of hydrogen-bond acceptors (Lipinski definition) is 4. The zero-order valence-corrected chi connectivity index (χ0v) is 14.2. The maximum atomic E-state index is 12.0. The molecule has 1 aromatic heterocycles. The van der Waals surface area contributed by atoms with Gasteiger partial charge in [0.25, 0.3) is 0 Å². The SMILES string of the molecule is CCOc1ncccc1CNC(=O)C(=O)Nc1cc(Cl)ccc1C. The van der Waals surface area contributed by atoms with Crippen molar-refractivity contribution < 1.29 is 14.3 Å². The number of rotatable bonds is 5. The van der Waals surface area contributed by atoms with E-state index in [1.165, 1.54) is 0 Å². The highest BCUT2D eigenvalue weighted by Crippen LogP contribution is 2.20. The number of pyridine rings is 1. The van der Waals surface area contributed by atoms with E-state index in [4.69, 9.17) is 16.3 Å². The normalized spacial score (nSPS) is 10.1. The number of nitrogens with one attached hydrogen (secondary N) is 2. The molecule has 2 N–H and O–H groups in total. The van der Waals surface area contributed by atoms with Crippen molar-refractivity contribution >= 4 is 29.1 Å². The summed E-state index contributed by atoms with van der Waals surface area (Å²) in [5, 5.41) is 5.57. The van der Waals surface area contributed by atoms with Crippen LogP contribution in [0.5, 0.6) is 5.88 Å². The van der Waals surface area contributed by atoms with E-state index in [1.807, 2.05) is 13.8 Å². The number of carbonyl (C=O) groups excluding carboxylic acids is 2. The Hall–Kier alpha value is -2.60. The van der Waals surface area contributed by atoms with E-state index >= 15 is 0 Å². The third-order valence-corrected chi connectivity index (χ3v) is 3.46. The lowest BCUT2D eigenvalue weighted by atomic mass is 10.2. The van der Waals surface area contributed by atoms with Crippen LogP contribution in [0, 0.1) is 6.92 Å². The summed E-state index contributed by atoms with van der Waals surface area (Å²) in [6, 6.07) is 8.58. The lowest BCUT2D eigenvalue weighted by Gasteiger charge is -2.11. The molecule has 1 heterocycles. The van der Waals surface area contributed by atoms with Gasteiger partial charge in [-0.1, -0.05) is 23.7 Å². The molecule has 7 heteroatoms. The number of benzene rings is 1. The van der Waals surface area contributed by atoms with Gasteiger partial charge in [-0.3, -0.25) is 9.59 Å². The largest absolute Gasteiger partial charge is 0.478 e. The van der Waals surface area contributed by atoms with Gasteiger partial charge in [0.05, 0.1) is 6.61 Å². The zero-order valence-electron chi connectivity index (χ0n) is 13.4. The topological polar surface area (TPSA) is 80.3 Å². The van der Waals surface area contributed by atoms with E-state index in [2.05, 4.69) is 15.6 Å². The highest BCUT2D eigenvalue weighted by Gasteiger charge is 2.15. The first-order valence-corrected chi connectivity index (χ1v) is 7.81. The molecule has 0 radical (unpaired) electrons. The summed E-state index contributed by atoms with van der Waals surface area (Å²) in [5.41, 5.74) is 2.00. The monoisotopic (exact) mass is 347 g/mol. The molecule has 0 fully saturated rings. The lowest BCUT2D eigenvalue weighted by Crippen LogP contribution is -2.35. The van der Waals surface area contributed by atoms with Gasteiger partial charge in [-0.25, -0.2) is 4.98 Å². The van der Waals surface area contributed by atoms with Crippen LogP contribution in [-0.2, 0) is 16.1 Å². The fraction of sp³-hybridized carbons (Fsp3) is 0.235. The van der Waals surface area contributed by atoms with Crippen LogP contribution < -0.4 is 15.4 Å². The first kappa shape index (κ1) is 17.7. The van der Waals surface area contributed by atoms with Crippen LogP contribution in [0.4, 0.5) is 5.69 Å². The summed E-state index contributed by atoms with van der Waals surface area (Å²) >= 11 is 5.90. The van der Waals surface area contributed by atoms with Gasteiger partial charge in [-0.2, -0.15) is 0 Å². The highest BCUT2D eigenvalue weighted by atomic mass is 35.5.